The van der Waals surface area contributed by atoms with E-state index in [0.29, 0.717) is 13.2 Å². The summed E-state index contributed by atoms with van der Waals surface area (Å²) in [5.41, 5.74) is 0. The van der Waals surface area contributed by atoms with Crippen molar-refractivity contribution in [2.75, 3.05) is 13.2 Å². The molecule has 0 aliphatic rings. The van der Waals surface area contributed by atoms with E-state index in [0.717, 1.165) is 6.42 Å². The van der Waals surface area contributed by atoms with E-state index in [1.54, 1.807) is 6.08 Å². The molecule has 0 rings (SSSR count). The summed E-state index contributed by atoms with van der Waals surface area (Å²) in [4.78, 5) is 9.59. The second-order valence-corrected chi connectivity index (χ2v) is 2.46. The van der Waals surface area contributed by atoms with Crippen LogP contribution in [0, 0.1) is 0 Å². The fraction of sp³-hybridized carbons (Fsp3) is 0.778. The van der Waals surface area contributed by atoms with Crippen molar-refractivity contribution < 1.29 is 9.78 Å². The first kappa shape index (κ1) is 10.7. The molecule has 0 amide bonds. The first-order valence-electron chi connectivity index (χ1n) is 4.27. The monoisotopic (exact) mass is 158 g/mol. The molecule has 0 radical (unpaired) electrons. The molecule has 0 spiro atoms. The zero-order valence-electron chi connectivity index (χ0n) is 7.34. The summed E-state index contributed by atoms with van der Waals surface area (Å²) in [6.45, 7) is 6.87. The molecule has 0 bridgehead atoms. The molecule has 0 saturated heterocycles. The Bertz CT molecular complexity index is 81.6. The number of hydrogen-bond acceptors (Lipinski definition) is 2. The van der Waals surface area contributed by atoms with Crippen LogP contribution in [0.25, 0.3) is 0 Å². The minimum atomic E-state index is 0.480. The zero-order valence-corrected chi connectivity index (χ0v) is 7.34. The second-order valence-electron chi connectivity index (χ2n) is 2.46. The van der Waals surface area contributed by atoms with Crippen molar-refractivity contribution in [3.8, 4) is 0 Å². The van der Waals surface area contributed by atoms with Gasteiger partial charge in [0.2, 0.25) is 0 Å². The summed E-state index contributed by atoms with van der Waals surface area (Å²) in [7, 11) is 0. The summed E-state index contributed by atoms with van der Waals surface area (Å²) >= 11 is 0. The Balaban J connectivity index is 2.74. The average Bonchev–Trinajstić information content (AvgIpc) is 2.03. The summed E-state index contributed by atoms with van der Waals surface area (Å²) < 4.78 is 0. The molecule has 0 heterocycles. The normalized spacial score (nSPS) is 9.91. The van der Waals surface area contributed by atoms with E-state index < -0.39 is 0 Å². The van der Waals surface area contributed by atoms with Gasteiger partial charge in [-0.15, -0.1) is 6.58 Å². The van der Waals surface area contributed by atoms with Crippen LogP contribution in [0.3, 0.4) is 0 Å². The van der Waals surface area contributed by atoms with E-state index in [1.165, 1.54) is 19.3 Å². The highest BCUT2D eigenvalue weighted by atomic mass is 17.2. The van der Waals surface area contributed by atoms with Crippen LogP contribution in [0.2, 0.25) is 0 Å². The number of hydrogen-bond donors (Lipinski definition) is 0. The molecule has 2 heteroatoms. The van der Waals surface area contributed by atoms with Crippen LogP contribution in [0.4, 0.5) is 0 Å². The van der Waals surface area contributed by atoms with Crippen LogP contribution >= 0.6 is 0 Å². The smallest absolute Gasteiger partial charge is 0.100 e. The lowest BCUT2D eigenvalue weighted by Crippen LogP contribution is -1.96. The molecule has 0 atom stereocenters. The van der Waals surface area contributed by atoms with Gasteiger partial charge in [-0.25, -0.2) is 9.78 Å². The predicted molar refractivity (Wildman–Crippen MR) is 46.2 cm³/mol. The highest BCUT2D eigenvalue weighted by Crippen LogP contribution is 1.98. The van der Waals surface area contributed by atoms with Crippen molar-refractivity contribution in [2.24, 2.45) is 0 Å². The molecule has 2 nitrogen and oxygen atoms in total. The van der Waals surface area contributed by atoms with Gasteiger partial charge in [0.05, 0.1) is 6.61 Å². The summed E-state index contributed by atoms with van der Waals surface area (Å²) in [6.07, 6.45) is 6.53. The van der Waals surface area contributed by atoms with E-state index >= 15 is 0 Å². The molecule has 0 N–H and O–H groups in total. The van der Waals surface area contributed by atoms with E-state index in [4.69, 9.17) is 9.78 Å². The Morgan fingerprint density at radius 2 is 2.00 bits per heavy atom. The number of unbranched alkanes of at least 4 members (excludes halogenated alkanes) is 3. The largest absolute Gasteiger partial charge is 0.236 e. The van der Waals surface area contributed by atoms with E-state index in [9.17, 15) is 0 Å². The molecule has 0 aromatic carbocycles. The van der Waals surface area contributed by atoms with Crippen LogP contribution in [-0.4, -0.2) is 13.2 Å². The summed E-state index contributed by atoms with van der Waals surface area (Å²) in [5.74, 6) is 0. The quantitative estimate of drug-likeness (QED) is 0.234. The van der Waals surface area contributed by atoms with Gasteiger partial charge < -0.3 is 0 Å². The summed E-state index contributed by atoms with van der Waals surface area (Å²) in [6, 6.07) is 0. The van der Waals surface area contributed by atoms with Crippen molar-refractivity contribution in [1.82, 2.24) is 0 Å². The lowest BCUT2D eigenvalue weighted by Gasteiger charge is -2.00. The van der Waals surface area contributed by atoms with Gasteiger partial charge >= 0.3 is 0 Å². The molecule has 0 saturated carbocycles. The lowest BCUT2D eigenvalue weighted by atomic mass is 10.2. The van der Waals surface area contributed by atoms with Gasteiger partial charge in [-0.3, -0.25) is 0 Å². The Morgan fingerprint density at radius 3 is 2.64 bits per heavy atom. The van der Waals surface area contributed by atoms with Crippen LogP contribution in [0.5, 0.6) is 0 Å². The van der Waals surface area contributed by atoms with Gasteiger partial charge in [0, 0.05) is 0 Å². The van der Waals surface area contributed by atoms with Crippen LogP contribution < -0.4 is 0 Å². The zero-order chi connectivity index (χ0) is 8.36. The van der Waals surface area contributed by atoms with Crippen molar-refractivity contribution in [3.05, 3.63) is 12.7 Å². The first-order valence-corrected chi connectivity index (χ1v) is 4.27. The number of rotatable bonds is 8. The van der Waals surface area contributed by atoms with Crippen molar-refractivity contribution in [3.63, 3.8) is 0 Å². The third-order valence-electron chi connectivity index (χ3n) is 1.35. The topological polar surface area (TPSA) is 18.5 Å². The van der Waals surface area contributed by atoms with E-state index in [2.05, 4.69) is 13.5 Å². The fourth-order valence-electron chi connectivity index (χ4n) is 0.743. The Hall–Kier alpha value is -0.340. The van der Waals surface area contributed by atoms with Gasteiger partial charge in [0.15, 0.2) is 0 Å². The van der Waals surface area contributed by atoms with Gasteiger partial charge in [0.25, 0.3) is 0 Å². The maximum Gasteiger partial charge on any atom is 0.100 e. The van der Waals surface area contributed by atoms with Gasteiger partial charge in [-0.2, -0.15) is 0 Å². The Labute approximate surface area is 69.1 Å². The van der Waals surface area contributed by atoms with Crippen LogP contribution in [0.1, 0.15) is 32.6 Å². The Morgan fingerprint density at radius 1 is 1.18 bits per heavy atom. The van der Waals surface area contributed by atoms with Gasteiger partial charge in [0.1, 0.15) is 6.61 Å². The van der Waals surface area contributed by atoms with Crippen molar-refractivity contribution in [1.29, 1.82) is 0 Å². The third kappa shape index (κ3) is 9.66. The van der Waals surface area contributed by atoms with Crippen molar-refractivity contribution in [2.45, 2.75) is 32.6 Å². The molecule has 0 unspecified atom stereocenters. The molecule has 0 aliphatic carbocycles. The molecule has 0 aliphatic heterocycles. The molecular formula is C9H18O2. The predicted octanol–water partition coefficient (Wildman–Crippen LogP) is 2.70. The Kier molecular flexibility index (Phi) is 9.36. The average molecular weight is 158 g/mol. The second kappa shape index (κ2) is 9.66. The molecule has 66 valence electrons. The third-order valence-corrected chi connectivity index (χ3v) is 1.35. The lowest BCUT2D eigenvalue weighted by molar-refractivity contribution is -0.286. The van der Waals surface area contributed by atoms with Crippen molar-refractivity contribution >= 4 is 0 Å². The van der Waals surface area contributed by atoms with Gasteiger partial charge in [-0.1, -0.05) is 32.3 Å². The van der Waals surface area contributed by atoms with Gasteiger partial charge in [-0.05, 0) is 6.42 Å². The highest BCUT2D eigenvalue weighted by molar-refractivity contribution is 4.62. The van der Waals surface area contributed by atoms with Crippen LogP contribution in [-0.2, 0) is 9.78 Å². The van der Waals surface area contributed by atoms with E-state index in [-0.39, 0.29) is 0 Å². The maximum absolute atomic E-state index is 4.85. The molecule has 0 fully saturated rings. The minimum Gasteiger partial charge on any atom is -0.236 e. The summed E-state index contributed by atoms with van der Waals surface area (Å²) in [5, 5.41) is 0. The minimum absolute atomic E-state index is 0.480. The SMILES string of the molecule is C=CCOOCCCCCC. The molecular weight excluding hydrogens is 140 g/mol. The molecule has 0 aromatic heterocycles. The highest BCUT2D eigenvalue weighted by Gasteiger charge is 1.87. The fourth-order valence-corrected chi connectivity index (χ4v) is 0.743. The standard InChI is InChI=1S/C9H18O2/c1-3-5-6-7-9-11-10-8-4-2/h4H,2-3,5-9H2,1H3. The maximum atomic E-state index is 4.85. The van der Waals surface area contributed by atoms with E-state index in [1.807, 2.05) is 0 Å². The molecule has 0 aromatic rings. The first-order chi connectivity index (χ1) is 5.41. The molecule has 11 heavy (non-hydrogen) atoms. The van der Waals surface area contributed by atoms with Crippen LogP contribution in [0.15, 0.2) is 12.7 Å².